The van der Waals surface area contributed by atoms with Crippen molar-refractivity contribution in [1.82, 2.24) is 0 Å². The molecule has 0 fully saturated rings. The van der Waals surface area contributed by atoms with Crippen LogP contribution in [0.5, 0.6) is 0 Å². The van der Waals surface area contributed by atoms with Gasteiger partial charge in [0.25, 0.3) is 0 Å². The van der Waals surface area contributed by atoms with Crippen LogP contribution >= 0.6 is 0 Å². The molecule has 1 heterocycles. The highest BCUT2D eigenvalue weighted by molar-refractivity contribution is 5.80. The predicted octanol–water partition coefficient (Wildman–Crippen LogP) is 3.22. The number of benzene rings is 1. The Morgan fingerprint density at radius 2 is 1.93 bits per heavy atom. The van der Waals surface area contributed by atoms with Crippen molar-refractivity contribution in [3.05, 3.63) is 45.8 Å². The number of aryl methyl sites for hydroxylation is 1. The van der Waals surface area contributed by atoms with Crippen molar-refractivity contribution in [1.29, 1.82) is 0 Å². The lowest BCUT2D eigenvalue weighted by molar-refractivity contribution is 0.559. The van der Waals surface area contributed by atoms with Crippen molar-refractivity contribution >= 4 is 11.0 Å². The third-order valence-corrected chi connectivity index (χ3v) is 2.64. The van der Waals surface area contributed by atoms with Crippen molar-refractivity contribution in [3.8, 4) is 0 Å². The average molecular weight is 202 g/mol. The predicted molar refractivity (Wildman–Crippen MR) is 61.3 cm³/mol. The van der Waals surface area contributed by atoms with Gasteiger partial charge in [-0.3, -0.25) is 0 Å². The van der Waals surface area contributed by atoms with Gasteiger partial charge >= 0.3 is 5.63 Å². The monoisotopic (exact) mass is 202 g/mol. The molecule has 15 heavy (non-hydrogen) atoms. The third kappa shape index (κ3) is 1.80. The van der Waals surface area contributed by atoms with Crippen LogP contribution in [-0.4, -0.2) is 0 Å². The van der Waals surface area contributed by atoms with E-state index in [4.69, 9.17) is 4.42 Å². The molecule has 0 atom stereocenters. The van der Waals surface area contributed by atoms with Crippen LogP contribution in [0, 0.1) is 6.92 Å². The molecule has 0 aliphatic carbocycles. The Morgan fingerprint density at radius 1 is 1.20 bits per heavy atom. The Kier molecular flexibility index (Phi) is 2.35. The second-order valence-electron chi connectivity index (χ2n) is 4.16. The molecule has 1 aromatic carbocycles. The summed E-state index contributed by atoms with van der Waals surface area (Å²) in [5.41, 5.74) is 2.63. The standard InChI is InChI=1S/C13H14O2/c1-8(2)10-4-5-12-11(7-10)9(3)6-13(14)15-12/h4-8H,1-3H3. The molecule has 0 bridgehead atoms. The van der Waals surface area contributed by atoms with Gasteiger partial charge in [0.05, 0.1) is 0 Å². The summed E-state index contributed by atoms with van der Waals surface area (Å²) in [5, 5.41) is 1.03. The number of hydrogen-bond acceptors (Lipinski definition) is 2. The lowest BCUT2D eigenvalue weighted by atomic mass is 10.00. The van der Waals surface area contributed by atoms with E-state index in [-0.39, 0.29) is 5.63 Å². The molecule has 0 aliphatic rings. The topological polar surface area (TPSA) is 30.2 Å². The zero-order chi connectivity index (χ0) is 11.0. The molecule has 0 aliphatic heterocycles. The van der Waals surface area contributed by atoms with E-state index in [9.17, 15) is 4.79 Å². The summed E-state index contributed by atoms with van der Waals surface area (Å²) < 4.78 is 5.12. The summed E-state index contributed by atoms with van der Waals surface area (Å²) >= 11 is 0. The van der Waals surface area contributed by atoms with Gasteiger partial charge < -0.3 is 4.42 Å². The van der Waals surface area contributed by atoms with Gasteiger partial charge in [-0.2, -0.15) is 0 Å². The zero-order valence-corrected chi connectivity index (χ0v) is 9.20. The molecule has 0 saturated carbocycles. The highest BCUT2D eigenvalue weighted by Crippen LogP contribution is 2.22. The van der Waals surface area contributed by atoms with Crippen LogP contribution in [0.2, 0.25) is 0 Å². The van der Waals surface area contributed by atoms with Crippen LogP contribution in [0.15, 0.2) is 33.5 Å². The molecule has 0 radical (unpaired) electrons. The molecular formula is C13H14O2. The fourth-order valence-electron chi connectivity index (χ4n) is 1.70. The molecule has 0 spiro atoms. The van der Waals surface area contributed by atoms with E-state index < -0.39 is 0 Å². The first-order valence-corrected chi connectivity index (χ1v) is 5.12. The smallest absolute Gasteiger partial charge is 0.336 e. The summed E-state index contributed by atoms with van der Waals surface area (Å²) in [6, 6.07) is 7.51. The van der Waals surface area contributed by atoms with Gasteiger partial charge in [0.1, 0.15) is 5.58 Å². The molecule has 2 heteroatoms. The number of hydrogen-bond donors (Lipinski definition) is 0. The maximum absolute atomic E-state index is 11.2. The van der Waals surface area contributed by atoms with Crippen LogP contribution in [0.25, 0.3) is 11.0 Å². The maximum Gasteiger partial charge on any atom is 0.336 e. The molecule has 2 aromatic rings. The SMILES string of the molecule is Cc1cc(=O)oc2ccc(C(C)C)cc12. The van der Waals surface area contributed by atoms with Crippen molar-refractivity contribution in [2.75, 3.05) is 0 Å². The van der Waals surface area contributed by atoms with Gasteiger partial charge in [0, 0.05) is 11.5 Å². The fourth-order valence-corrected chi connectivity index (χ4v) is 1.70. The van der Waals surface area contributed by atoms with E-state index in [1.165, 1.54) is 11.6 Å². The first-order chi connectivity index (χ1) is 7.08. The van der Waals surface area contributed by atoms with E-state index in [2.05, 4.69) is 19.9 Å². The highest BCUT2D eigenvalue weighted by atomic mass is 16.4. The van der Waals surface area contributed by atoms with E-state index in [1.54, 1.807) is 0 Å². The lowest BCUT2D eigenvalue weighted by Crippen LogP contribution is -1.98. The zero-order valence-electron chi connectivity index (χ0n) is 9.20. The minimum absolute atomic E-state index is 0.280. The first kappa shape index (κ1) is 9.97. The summed E-state index contributed by atoms with van der Waals surface area (Å²) in [6.45, 7) is 6.23. The van der Waals surface area contributed by atoms with Crippen molar-refractivity contribution < 1.29 is 4.42 Å². The molecule has 0 saturated heterocycles. The molecule has 0 amide bonds. The lowest BCUT2D eigenvalue weighted by Gasteiger charge is -2.07. The maximum atomic E-state index is 11.2. The Balaban J connectivity index is 2.77. The van der Waals surface area contributed by atoms with Crippen LogP contribution in [0.1, 0.15) is 30.9 Å². The Hall–Kier alpha value is -1.57. The quantitative estimate of drug-likeness (QED) is 0.664. The minimum Gasteiger partial charge on any atom is -0.423 e. The third-order valence-electron chi connectivity index (χ3n) is 2.64. The minimum atomic E-state index is -0.280. The second kappa shape index (κ2) is 3.54. The normalized spacial score (nSPS) is 11.2. The van der Waals surface area contributed by atoms with E-state index in [1.807, 2.05) is 19.1 Å². The van der Waals surface area contributed by atoms with Crippen molar-refractivity contribution in [2.24, 2.45) is 0 Å². The Bertz CT molecular complexity index is 550. The van der Waals surface area contributed by atoms with Gasteiger partial charge in [0.2, 0.25) is 0 Å². The molecular weight excluding hydrogens is 188 g/mol. The second-order valence-corrected chi connectivity index (χ2v) is 4.16. The van der Waals surface area contributed by atoms with Gasteiger partial charge in [0.15, 0.2) is 0 Å². The molecule has 1 aromatic heterocycles. The Morgan fingerprint density at radius 3 is 2.60 bits per heavy atom. The molecule has 0 unspecified atom stereocenters. The number of fused-ring (bicyclic) bond motifs is 1. The molecule has 0 N–H and O–H groups in total. The van der Waals surface area contributed by atoms with E-state index in [0.29, 0.717) is 11.5 Å². The highest BCUT2D eigenvalue weighted by Gasteiger charge is 2.05. The van der Waals surface area contributed by atoms with Crippen LogP contribution in [0.3, 0.4) is 0 Å². The van der Waals surface area contributed by atoms with Gasteiger partial charge in [-0.05, 0) is 36.1 Å². The fraction of sp³-hybridized carbons (Fsp3) is 0.308. The van der Waals surface area contributed by atoms with Gasteiger partial charge in [-0.15, -0.1) is 0 Å². The van der Waals surface area contributed by atoms with Gasteiger partial charge in [-0.25, -0.2) is 4.79 Å². The first-order valence-electron chi connectivity index (χ1n) is 5.12. The molecule has 78 valence electrons. The summed E-state index contributed by atoms with van der Waals surface area (Å²) in [4.78, 5) is 11.2. The largest absolute Gasteiger partial charge is 0.423 e. The van der Waals surface area contributed by atoms with Gasteiger partial charge in [-0.1, -0.05) is 19.9 Å². The average Bonchev–Trinajstić information content (AvgIpc) is 2.16. The van der Waals surface area contributed by atoms with Crippen LogP contribution in [-0.2, 0) is 0 Å². The van der Waals surface area contributed by atoms with Crippen molar-refractivity contribution in [3.63, 3.8) is 0 Å². The van der Waals surface area contributed by atoms with Crippen LogP contribution in [0.4, 0.5) is 0 Å². The Labute approximate surface area is 88.5 Å². The summed E-state index contributed by atoms with van der Waals surface area (Å²) in [5.74, 6) is 0.487. The summed E-state index contributed by atoms with van der Waals surface area (Å²) in [7, 11) is 0. The van der Waals surface area contributed by atoms with Crippen LogP contribution < -0.4 is 5.63 Å². The summed E-state index contributed by atoms with van der Waals surface area (Å²) in [6.07, 6.45) is 0. The number of rotatable bonds is 1. The van der Waals surface area contributed by atoms with Crippen molar-refractivity contribution in [2.45, 2.75) is 26.7 Å². The van der Waals surface area contributed by atoms with E-state index >= 15 is 0 Å². The molecule has 2 rings (SSSR count). The molecule has 2 nitrogen and oxygen atoms in total. The van der Waals surface area contributed by atoms with E-state index in [0.717, 1.165) is 10.9 Å².